The molecule has 3 heteroatoms. The van der Waals surface area contributed by atoms with Gasteiger partial charge in [-0.05, 0) is 29.7 Å². The summed E-state index contributed by atoms with van der Waals surface area (Å²) in [7, 11) is 0. The van der Waals surface area contributed by atoms with E-state index < -0.39 is 0 Å². The van der Waals surface area contributed by atoms with Crippen LogP contribution in [-0.4, -0.2) is 5.11 Å². The summed E-state index contributed by atoms with van der Waals surface area (Å²) in [6.07, 6.45) is 0. The molecule has 2 aromatic heterocycles. The molecule has 2 aromatic rings. The van der Waals surface area contributed by atoms with Gasteiger partial charge in [-0.1, -0.05) is 20.8 Å². The van der Waals surface area contributed by atoms with E-state index in [1.54, 1.807) is 11.3 Å². The fourth-order valence-electron chi connectivity index (χ4n) is 1.47. The highest BCUT2D eigenvalue weighted by Gasteiger charge is 2.16. The number of hydrogen-bond donors (Lipinski definition) is 1. The van der Waals surface area contributed by atoms with E-state index in [4.69, 9.17) is 5.11 Å². The largest absolute Gasteiger partial charge is 0.391 e. The second-order valence-corrected chi connectivity index (χ2v) is 7.09. The summed E-state index contributed by atoms with van der Waals surface area (Å²) in [6, 6.07) is 8.47. The van der Waals surface area contributed by atoms with Crippen LogP contribution in [0.25, 0.3) is 9.75 Å². The van der Waals surface area contributed by atoms with Crippen LogP contribution in [0.15, 0.2) is 24.3 Å². The highest BCUT2D eigenvalue weighted by molar-refractivity contribution is 7.22. The smallest absolute Gasteiger partial charge is 0.0774 e. The maximum absolute atomic E-state index is 9.05. The van der Waals surface area contributed by atoms with Gasteiger partial charge in [0.25, 0.3) is 0 Å². The fraction of sp³-hybridized carbons (Fsp3) is 0.385. The van der Waals surface area contributed by atoms with Gasteiger partial charge in [0.2, 0.25) is 0 Å². The molecule has 0 saturated heterocycles. The van der Waals surface area contributed by atoms with Crippen molar-refractivity contribution in [1.29, 1.82) is 0 Å². The average Bonchev–Trinajstić information content (AvgIpc) is 2.85. The molecule has 0 saturated carbocycles. The number of aliphatic hydroxyl groups is 1. The molecule has 0 bridgehead atoms. The van der Waals surface area contributed by atoms with Gasteiger partial charge in [0.15, 0.2) is 0 Å². The molecule has 0 aliphatic rings. The minimum absolute atomic E-state index is 0.141. The van der Waals surface area contributed by atoms with Crippen LogP contribution in [0.1, 0.15) is 30.5 Å². The maximum atomic E-state index is 9.05. The molecule has 0 fully saturated rings. The van der Waals surface area contributed by atoms with Crippen molar-refractivity contribution in [2.45, 2.75) is 32.8 Å². The van der Waals surface area contributed by atoms with Crippen LogP contribution in [0.4, 0.5) is 0 Å². The predicted octanol–water partition coefficient (Wildman–Crippen LogP) is 4.27. The SMILES string of the molecule is CC(C)(C)c1ccc(-c2ccc(CO)s2)s1. The monoisotopic (exact) mass is 252 g/mol. The van der Waals surface area contributed by atoms with Crippen LogP contribution in [0.2, 0.25) is 0 Å². The van der Waals surface area contributed by atoms with Gasteiger partial charge in [-0.2, -0.15) is 0 Å². The Hall–Kier alpha value is -0.640. The van der Waals surface area contributed by atoms with E-state index in [-0.39, 0.29) is 12.0 Å². The highest BCUT2D eigenvalue weighted by Crippen LogP contribution is 2.37. The zero-order valence-corrected chi connectivity index (χ0v) is 11.4. The predicted molar refractivity (Wildman–Crippen MR) is 72.3 cm³/mol. The molecule has 1 N–H and O–H groups in total. The molecule has 0 aromatic carbocycles. The Labute approximate surface area is 104 Å². The quantitative estimate of drug-likeness (QED) is 0.846. The number of thiophene rings is 2. The van der Waals surface area contributed by atoms with E-state index in [0.29, 0.717) is 0 Å². The second kappa shape index (κ2) is 4.32. The van der Waals surface area contributed by atoms with Crippen molar-refractivity contribution in [2.24, 2.45) is 0 Å². The average molecular weight is 252 g/mol. The third kappa shape index (κ3) is 2.37. The summed E-state index contributed by atoms with van der Waals surface area (Å²) < 4.78 is 0. The molecule has 2 heterocycles. The van der Waals surface area contributed by atoms with Crippen molar-refractivity contribution in [3.63, 3.8) is 0 Å². The summed E-state index contributed by atoms with van der Waals surface area (Å²) in [6.45, 7) is 6.84. The van der Waals surface area contributed by atoms with Crippen LogP contribution in [0.5, 0.6) is 0 Å². The van der Waals surface area contributed by atoms with Crippen LogP contribution in [0, 0.1) is 0 Å². The molecule has 0 unspecified atom stereocenters. The first-order valence-corrected chi connectivity index (χ1v) is 6.94. The Morgan fingerprint density at radius 3 is 2.12 bits per heavy atom. The van der Waals surface area contributed by atoms with Crippen molar-refractivity contribution >= 4 is 22.7 Å². The first kappa shape index (κ1) is 11.8. The summed E-state index contributed by atoms with van der Waals surface area (Å²) in [5.41, 5.74) is 0.222. The molecule has 0 spiro atoms. The van der Waals surface area contributed by atoms with Gasteiger partial charge in [0, 0.05) is 19.5 Å². The standard InChI is InChI=1S/C13H16OS2/c1-13(2,3)12-7-6-11(16-12)10-5-4-9(8-14)15-10/h4-7,14H,8H2,1-3H3. The Morgan fingerprint density at radius 1 is 1.00 bits per heavy atom. The molecule has 0 amide bonds. The molecule has 0 radical (unpaired) electrons. The Bertz CT molecular complexity index is 474. The van der Waals surface area contributed by atoms with E-state index in [1.165, 1.54) is 14.6 Å². The summed E-state index contributed by atoms with van der Waals surface area (Å²) >= 11 is 3.52. The van der Waals surface area contributed by atoms with Crippen molar-refractivity contribution < 1.29 is 5.11 Å². The minimum Gasteiger partial charge on any atom is -0.391 e. The van der Waals surface area contributed by atoms with E-state index in [0.717, 1.165) is 4.88 Å². The van der Waals surface area contributed by atoms with Gasteiger partial charge in [0.05, 0.1) is 6.61 Å². The van der Waals surface area contributed by atoms with Crippen molar-refractivity contribution in [2.75, 3.05) is 0 Å². The first-order chi connectivity index (χ1) is 7.50. The van der Waals surface area contributed by atoms with E-state index in [9.17, 15) is 0 Å². The van der Waals surface area contributed by atoms with Crippen LogP contribution < -0.4 is 0 Å². The third-order valence-electron chi connectivity index (χ3n) is 2.41. The molecule has 16 heavy (non-hydrogen) atoms. The van der Waals surface area contributed by atoms with E-state index in [2.05, 4.69) is 39.0 Å². The fourth-order valence-corrected chi connectivity index (χ4v) is 3.49. The lowest BCUT2D eigenvalue weighted by molar-refractivity contribution is 0.285. The summed E-state index contributed by atoms with van der Waals surface area (Å²) in [5, 5.41) is 9.05. The summed E-state index contributed by atoms with van der Waals surface area (Å²) in [5.74, 6) is 0. The molecule has 2 rings (SSSR count). The van der Waals surface area contributed by atoms with Gasteiger partial charge < -0.3 is 5.11 Å². The lowest BCUT2D eigenvalue weighted by atomic mass is 9.95. The third-order valence-corrected chi connectivity index (χ3v) is 5.18. The van der Waals surface area contributed by atoms with Crippen molar-refractivity contribution in [3.8, 4) is 9.75 Å². The lowest BCUT2D eigenvalue weighted by Crippen LogP contribution is -2.07. The number of hydrogen-bond acceptors (Lipinski definition) is 3. The topological polar surface area (TPSA) is 20.2 Å². The lowest BCUT2D eigenvalue weighted by Gasteiger charge is -2.15. The van der Waals surface area contributed by atoms with Crippen LogP contribution >= 0.6 is 22.7 Å². The molecule has 0 aliphatic carbocycles. The molecular formula is C13H16OS2. The molecular weight excluding hydrogens is 236 g/mol. The van der Waals surface area contributed by atoms with E-state index in [1.807, 2.05) is 17.4 Å². The van der Waals surface area contributed by atoms with Gasteiger partial charge in [-0.25, -0.2) is 0 Å². The molecule has 0 atom stereocenters. The van der Waals surface area contributed by atoms with Crippen molar-refractivity contribution in [1.82, 2.24) is 0 Å². The molecule has 0 aliphatic heterocycles. The maximum Gasteiger partial charge on any atom is 0.0774 e. The van der Waals surface area contributed by atoms with Crippen LogP contribution in [-0.2, 0) is 12.0 Å². The number of aliphatic hydroxyl groups excluding tert-OH is 1. The van der Waals surface area contributed by atoms with Crippen LogP contribution in [0.3, 0.4) is 0 Å². The summed E-state index contributed by atoms with van der Waals surface area (Å²) in [4.78, 5) is 4.99. The zero-order valence-electron chi connectivity index (χ0n) is 9.78. The van der Waals surface area contributed by atoms with Gasteiger partial charge in [-0.3, -0.25) is 0 Å². The zero-order chi connectivity index (χ0) is 11.8. The van der Waals surface area contributed by atoms with Gasteiger partial charge in [0.1, 0.15) is 0 Å². The second-order valence-electron chi connectivity index (χ2n) is 4.84. The molecule has 86 valence electrons. The first-order valence-electron chi connectivity index (χ1n) is 5.31. The highest BCUT2D eigenvalue weighted by atomic mass is 32.1. The minimum atomic E-state index is 0.141. The molecule has 1 nitrogen and oxygen atoms in total. The Balaban J connectivity index is 2.31. The Morgan fingerprint density at radius 2 is 1.62 bits per heavy atom. The Kier molecular flexibility index (Phi) is 3.19. The van der Waals surface area contributed by atoms with Gasteiger partial charge in [-0.15, -0.1) is 22.7 Å². The van der Waals surface area contributed by atoms with E-state index >= 15 is 0 Å². The number of rotatable bonds is 2. The van der Waals surface area contributed by atoms with Gasteiger partial charge >= 0.3 is 0 Å². The van der Waals surface area contributed by atoms with Crippen molar-refractivity contribution in [3.05, 3.63) is 34.0 Å². The normalized spacial score (nSPS) is 12.0.